The first kappa shape index (κ1) is 18.1. The molecule has 1 aromatic carbocycles. The third-order valence-electron chi connectivity index (χ3n) is 2.62. The zero-order valence-electron chi connectivity index (χ0n) is 11.8. The van der Waals surface area contributed by atoms with E-state index in [4.69, 9.17) is 44.3 Å². The summed E-state index contributed by atoms with van der Waals surface area (Å²) in [6.45, 7) is 4.90. The lowest BCUT2D eigenvalue weighted by Gasteiger charge is -2.21. The molecule has 21 heavy (non-hydrogen) atoms. The summed E-state index contributed by atoms with van der Waals surface area (Å²) >= 11 is 17.6. The molecule has 0 spiro atoms. The van der Waals surface area contributed by atoms with Crippen LogP contribution < -0.4 is 4.74 Å². The van der Waals surface area contributed by atoms with Crippen molar-refractivity contribution in [2.75, 3.05) is 6.61 Å². The third-order valence-corrected chi connectivity index (χ3v) is 3.40. The van der Waals surface area contributed by atoms with Crippen molar-refractivity contribution < 1.29 is 19.1 Å². The molecule has 0 aliphatic heterocycles. The van der Waals surface area contributed by atoms with Gasteiger partial charge >= 0.3 is 11.9 Å². The quantitative estimate of drug-likeness (QED) is 0.443. The van der Waals surface area contributed by atoms with E-state index in [-0.39, 0.29) is 22.4 Å². The molecular formula is C14H15Cl3O4. The summed E-state index contributed by atoms with van der Waals surface area (Å²) in [5.41, 5.74) is -1.47. The molecule has 1 aromatic rings. The molecular weight excluding hydrogens is 339 g/mol. The Labute approximate surface area is 138 Å². The van der Waals surface area contributed by atoms with Gasteiger partial charge in [0.25, 0.3) is 0 Å². The van der Waals surface area contributed by atoms with E-state index < -0.39 is 17.4 Å². The van der Waals surface area contributed by atoms with E-state index in [0.29, 0.717) is 11.4 Å². The number of carbonyl (C=O) groups excluding carboxylic acids is 2. The van der Waals surface area contributed by atoms with Gasteiger partial charge in [-0.15, -0.1) is 0 Å². The number of benzene rings is 1. The summed E-state index contributed by atoms with van der Waals surface area (Å²) in [7, 11) is 0. The molecule has 0 aromatic heterocycles. The van der Waals surface area contributed by atoms with E-state index in [1.807, 2.05) is 6.92 Å². The lowest BCUT2D eigenvalue weighted by molar-refractivity contribution is -0.164. The number of esters is 2. The molecule has 0 unspecified atom stereocenters. The van der Waals surface area contributed by atoms with Crippen molar-refractivity contribution in [3.63, 3.8) is 0 Å². The molecule has 0 aliphatic carbocycles. The standard InChI is InChI=1S/C14H15Cl3O4/c1-4-5-20-12(18)14(2,3)13(19)21-11-9(16)6-8(15)7-10(11)17/h6-7H,4-5H2,1-3H3. The average Bonchev–Trinajstić information content (AvgIpc) is 2.39. The van der Waals surface area contributed by atoms with Crippen molar-refractivity contribution in [3.05, 3.63) is 27.2 Å². The molecule has 7 heteroatoms. The summed E-state index contributed by atoms with van der Waals surface area (Å²) in [4.78, 5) is 24.0. The smallest absolute Gasteiger partial charge is 0.328 e. The lowest BCUT2D eigenvalue weighted by atomic mass is 9.94. The Morgan fingerprint density at radius 1 is 1.10 bits per heavy atom. The van der Waals surface area contributed by atoms with Gasteiger partial charge in [-0.1, -0.05) is 41.7 Å². The predicted molar refractivity (Wildman–Crippen MR) is 82.1 cm³/mol. The van der Waals surface area contributed by atoms with Crippen molar-refractivity contribution in [2.24, 2.45) is 5.41 Å². The fourth-order valence-electron chi connectivity index (χ4n) is 1.31. The van der Waals surface area contributed by atoms with Crippen LogP contribution >= 0.6 is 34.8 Å². The Kier molecular flexibility index (Phi) is 6.32. The summed E-state index contributed by atoms with van der Waals surface area (Å²) in [6, 6.07) is 2.78. The molecule has 0 radical (unpaired) electrons. The van der Waals surface area contributed by atoms with Crippen LogP contribution in [0.5, 0.6) is 5.75 Å². The van der Waals surface area contributed by atoms with Gasteiger partial charge in [-0.05, 0) is 32.4 Å². The third kappa shape index (κ3) is 4.50. The van der Waals surface area contributed by atoms with Crippen LogP contribution in [0.25, 0.3) is 0 Å². The fraction of sp³-hybridized carbons (Fsp3) is 0.429. The van der Waals surface area contributed by atoms with Crippen LogP contribution in [0, 0.1) is 5.41 Å². The molecule has 0 bridgehead atoms. The Morgan fingerprint density at radius 2 is 1.62 bits per heavy atom. The summed E-state index contributed by atoms with van der Waals surface area (Å²) < 4.78 is 10.1. The van der Waals surface area contributed by atoms with E-state index in [0.717, 1.165) is 0 Å². The number of halogens is 3. The van der Waals surface area contributed by atoms with Gasteiger partial charge in [0.1, 0.15) is 0 Å². The van der Waals surface area contributed by atoms with Crippen LogP contribution in [0.15, 0.2) is 12.1 Å². The number of rotatable bonds is 5. The molecule has 116 valence electrons. The molecule has 4 nitrogen and oxygen atoms in total. The van der Waals surface area contributed by atoms with Crippen LogP contribution in [0.2, 0.25) is 15.1 Å². The molecule has 0 heterocycles. The monoisotopic (exact) mass is 352 g/mol. The molecule has 0 saturated heterocycles. The maximum absolute atomic E-state index is 12.2. The summed E-state index contributed by atoms with van der Waals surface area (Å²) in [6.07, 6.45) is 0.658. The Bertz CT molecular complexity index is 532. The average molecular weight is 354 g/mol. The van der Waals surface area contributed by atoms with E-state index >= 15 is 0 Å². The van der Waals surface area contributed by atoms with Crippen LogP contribution in [-0.4, -0.2) is 18.5 Å². The highest BCUT2D eigenvalue weighted by Crippen LogP contribution is 2.37. The van der Waals surface area contributed by atoms with E-state index in [1.165, 1.54) is 26.0 Å². The first-order chi connectivity index (χ1) is 9.70. The van der Waals surface area contributed by atoms with Crippen molar-refractivity contribution in [3.8, 4) is 5.75 Å². The minimum atomic E-state index is -1.47. The molecule has 0 saturated carbocycles. The van der Waals surface area contributed by atoms with Crippen molar-refractivity contribution in [1.82, 2.24) is 0 Å². The summed E-state index contributed by atoms with van der Waals surface area (Å²) in [5, 5.41) is 0.476. The maximum atomic E-state index is 12.2. The highest BCUT2D eigenvalue weighted by atomic mass is 35.5. The number of carbonyl (C=O) groups is 2. The second-order valence-electron chi connectivity index (χ2n) is 4.85. The van der Waals surface area contributed by atoms with Crippen molar-refractivity contribution in [2.45, 2.75) is 27.2 Å². The second kappa shape index (κ2) is 7.34. The van der Waals surface area contributed by atoms with E-state index in [9.17, 15) is 9.59 Å². The normalized spacial score (nSPS) is 11.1. The van der Waals surface area contributed by atoms with Gasteiger partial charge in [-0.2, -0.15) is 0 Å². The zero-order valence-corrected chi connectivity index (χ0v) is 14.1. The van der Waals surface area contributed by atoms with Crippen LogP contribution in [-0.2, 0) is 14.3 Å². The van der Waals surface area contributed by atoms with Gasteiger partial charge < -0.3 is 9.47 Å². The lowest BCUT2D eigenvalue weighted by Crippen LogP contribution is -2.38. The van der Waals surface area contributed by atoms with Crippen LogP contribution in [0.3, 0.4) is 0 Å². The predicted octanol–water partition coefficient (Wildman–Crippen LogP) is 4.53. The molecule has 0 atom stereocenters. The number of hydrogen-bond donors (Lipinski definition) is 0. The molecule has 0 aliphatic rings. The first-order valence-corrected chi connectivity index (χ1v) is 7.37. The molecule has 0 fully saturated rings. The van der Waals surface area contributed by atoms with E-state index in [2.05, 4.69) is 0 Å². The van der Waals surface area contributed by atoms with Gasteiger partial charge in [0, 0.05) is 5.02 Å². The van der Waals surface area contributed by atoms with Crippen LogP contribution in [0.1, 0.15) is 27.2 Å². The van der Waals surface area contributed by atoms with Gasteiger partial charge in [-0.3, -0.25) is 9.59 Å². The van der Waals surface area contributed by atoms with Crippen LogP contribution in [0.4, 0.5) is 0 Å². The fourth-order valence-corrected chi connectivity index (χ4v) is 2.20. The molecule has 0 amide bonds. The Balaban J connectivity index is 2.93. The molecule has 1 rings (SSSR count). The number of ether oxygens (including phenoxy) is 2. The summed E-state index contributed by atoms with van der Waals surface area (Å²) in [5.74, 6) is -1.52. The maximum Gasteiger partial charge on any atom is 0.328 e. The van der Waals surface area contributed by atoms with Gasteiger partial charge in [0.2, 0.25) is 0 Å². The molecule has 0 N–H and O–H groups in total. The SMILES string of the molecule is CCCOC(=O)C(C)(C)C(=O)Oc1c(Cl)cc(Cl)cc1Cl. The number of hydrogen-bond acceptors (Lipinski definition) is 4. The van der Waals surface area contributed by atoms with Gasteiger partial charge in [0.05, 0.1) is 16.7 Å². The van der Waals surface area contributed by atoms with Gasteiger partial charge in [0.15, 0.2) is 11.2 Å². The largest absolute Gasteiger partial charge is 0.465 e. The minimum absolute atomic E-state index is 0.0379. The van der Waals surface area contributed by atoms with E-state index in [1.54, 1.807) is 0 Å². The Morgan fingerprint density at radius 3 is 2.10 bits per heavy atom. The second-order valence-corrected chi connectivity index (χ2v) is 6.10. The zero-order chi connectivity index (χ0) is 16.2. The Hall–Kier alpha value is -0.970. The van der Waals surface area contributed by atoms with Gasteiger partial charge in [-0.25, -0.2) is 0 Å². The highest BCUT2D eigenvalue weighted by Gasteiger charge is 2.40. The first-order valence-electron chi connectivity index (χ1n) is 6.24. The van der Waals surface area contributed by atoms with Crippen molar-refractivity contribution >= 4 is 46.7 Å². The van der Waals surface area contributed by atoms with Crippen molar-refractivity contribution in [1.29, 1.82) is 0 Å². The topological polar surface area (TPSA) is 52.6 Å². The minimum Gasteiger partial charge on any atom is -0.465 e. The highest BCUT2D eigenvalue weighted by molar-refractivity contribution is 6.40.